The molecule has 0 aliphatic carbocycles. The fourth-order valence-electron chi connectivity index (χ4n) is 4.11. The maximum Gasteiger partial charge on any atom is 0.234 e. The Morgan fingerprint density at radius 1 is 1.18 bits per heavy atom. The van der Waals surface area contributed by atoms with Gasteiger partial charge in [0, 0.05) is 6.04 Å². The number of ether oxygens (including phenoxy) is 1. The average Bonchev–Trinajstić information content (AvgIpc) is 3.01. The van der Waals surface area contributed by atoms with Crippen LogP contribution in [0.3, 0.4) is 0 Å². The van der Waals surface area contributed by atoms with Gasteiger partial charge >= 0.3 is 0 Å². The van der Waals surface area contributed by atoms with Crippen molar-refractivity contribution in [1.29, 1.82) is 0 Å². The summed E-state index contributed by atoms with van der Waals surface area (Å²) in [5, 5.41) is 2.88. The molecule has 0 aromatic heterocycles. The Kier molecular flexibility index (Phi) is 7.35. The molecule has 28 heavy (non-hydrogen) atoms. The van der Waals surface area contributed by atoms with Gasteiger partial charge in [-0.15, -0.1) is 0 Å². The predicted molar refractivity (Wildman–Crippen MR) is 110 cm³/mol. The van der Waals surface area contributed by atoms with Gasteiger partial charge in [-0.05, 0) is 75.7 Å². The molecule has 1 aromatic rings. The summed E-state index contributed by atoms with van der Waals surface area (Å²) >= 11 is 0. The minimum absolute atomic E-state index is 0.0464. The molecular weight excluding hydrogens is 376 g/mol. The van der Waals surface area contributed by atoms with E-state index in [-0.39, 0.29) is 23.5 Å². The summed E-state index contributed by atoms with van der Waals surface area (Å²) in [6.07, 6.45) is 5.02. The van der Waals surface area contributed by atoms with Gasteiger partial charge in [-0.2, -0.15) is 0 Å². The number of amides is 1. The molecule has 6 nitrogen and oxygen atoms in total. The summed E-state index contributed by atoms with van der Waals surface area (Å²) in [5.74, 6) is 1.86. The topological polar surface area (TPSA) is 75.7 Å². The number of rotatable bonds is 8. The van der Waals surface area contributed by atoms with E-state index in [4.69, 9.17) is 4.74 Å². The van der Waals surface area contributed by atoms with Crippen LogP contribution in [0.5, 0.6) is 5.75 Å². The summed E-state index contributed by atoms with van der Waals surface area (Å²) < 4.78 is 28.5. The van der Waals surface area contributed by atoms with Crippen LogP contribution in [0.4, 0.5) is 0 Å². The van der Waals surface area contributed by atoms with Gasteiger partial charge in [0.25, 0.3) is 0 Å². The Bertz CT molecular complexity index is 740. The second-order valence-electron chi connectivity index (χ2n) is 8.00. The van der Waals surface area contributed by atoms with E-state index < -0.39 is 9.84 Å². The first-order chi connectivity index (χ1) is 13.4. The molecule has 156 valence electrons. The number of likely N-dealkylation sites (tertiary alicyclic amines) is 1. The molecule has 7 heteroatoms. The van der Waals surface area contributed by atoms with Crippen LogP contribution in [0.2, 0.25) is 0 Å². The third kappa shape index (κ3) is 6.48. The second-order valence-corrected chi connectivity index (χ2v) is 10.2. The van der Waals surface area contributed by atoms with E-state index in [1.165, 1.54) is 12.0 Å². The van der Waals surface area contributed by atoms with Gasteiger partial charge in [0.1, 0.15) is 5.75 Å². The maximum absolute atomic E-state index is 12.2. The van der Waals surface area contributed by atoms with Crippen molar-refractivity contribution in [3.8, 4) is 5.75 Å². The minimum atomic E-state index is -2.95. The van der Waals surface area contributed by atoms with E-state index in [2.05, 4.69) is 22.3 Å². The normalized spacial score (nSPS) is 22.8. The highest BCUT2D eigenvalue weighted by molar-refractivity contribution is 7.91. The van der Waals surface area contributed by atoms with Crippen molar-refractivity contribution < 1.29 is 17.9 Å². The van der Waals surface area contributed by atoms with E-state index in [0.29, 0.717) is 25.5 Å². The molecule has 0 radical (unpaired) electrons. The number of carbonyl (C=O) groups excluding carboxylic acids is 1. The van der Waals surface area contributed by atoms with Gasteiger partial charge in [0.2, 0.25) is 5.91 Å². The fourth-order valence-corrected chi connectivity index (χ4v) is 5.78. The van der Waals surface area contributed by atoms with Crippen LogP contribution >= 0.6 is 0 Å². The Morgan fingerprint density at radius 3 is 2.50 bits per heavy atom. The molecular formula is C21H32N2O4S. The van der Waals surface area contributed by atoms with Crippen molar-refractivity contribution in [3.05, 3.63) is 29.8 Å². The van der Waals surface area contributed by atoms with Crippen LogP contribution in [-0.2, 0) is 21.1 Å². The van der Waals surface area contributed by atoms with E-state index in [9.17, 15) is 13.2 Å². The number of nitrogens with zero attached hydrogens (tertiary/aromatic N) is 1. The van der Waals surface area contributed by atoms with Crippen LogP contribution in [0, 0.1) is 5.92 Å². The van der Waals surface area contributed by atoms with Gasteiger partial charge in [-0.25, -0.2) is 8.42 Å². The Labute approximate surface area is 168 Å². The molecule has 3 rings (SSSR count). The van der Waals surface area contributed by atoms with Crippen LogP contribution < -0.4 is 10.1 Å². The Morgan fingerprint density at radius 2 is 1.89 bits per heavy atom. The fraction of sp³-hybridized carbons (Fsp3) is 0.667. The molecule has 2 heterocycles. The zero-order chi connectivity index (χ0) is 20.0. The lowest BCUT2D eigenvalue weighted by Gasteiger charge is -2.31. The highest BCUT2D eigenvalue weighted by atomic mass is 32.2. The second kappa shape index (κ2) is 9.74. The Balaban J connectivity index is 1.33. The minimum Gasteiger partial charge on any atom is -0.494 e. The monoisotopic (exact) mass is 408 g/mol. The summed E-state index contributed by atoms with van der Waals surface area (Å²) in [7, 11) is -2.95. The van der Waals surface area contributed by atoms with Crippen LogP contribution in [0.25, 0.3) is 0 Å². The molecule has 1 aromatic carbocycles. The molecule has 1 unspecified atom stereocenters. The summed E-state index contributed by atoms with van der Waals surface area (Å²) in [5.41, 5.74) is 1.34. The van der Waals surface area contributed by atoms with Crippen molar-refractivity contribution in [2.45, 2.75) is 45.1 Å². The lowest BCUT2D eigenvalue weighted by Crippen LogP contribution is -2.45. The van der Waals surface area contributed by atoms with Crippen molar-refractivity contribution >= 4 is 15.7 Å². The highest BCUT2D eigenvalue weighted by Crippen LogP contribution is 2.23. The summed E-state index contributed by atoms with van der Waals surface area (Å²) in [6.45, 7) is 4.93. The van der Waals surface area contributed by atoms with Crippen molar-refractivity contribution in [1.82, 2.24) is 10.2 Å². The largest absolute Gasteiger partial charge is 0.494 e. The standard InChI is InChI=1S/C21H32N2O4S/c1-2-27-20-7-5-17(6-8-20)3-4-18-9-12-23(13-10-18)15-21(24)22-19-11-14-28(25,26)16-19/h5-8,18-19H,2-4,9-16H2,1H3,(H,22,24). The van der Waals surface area contributed by atoms with E-state index >= 15 is 0 Å². The van der Waals surface area contributed by atoms with Crippen molar-refractivity contribution in [2.75, 3.05) is 37.7 Å². The van der Waals surface area contributed by atoms with Crippen LogP contribution in [-0.4, -0.2) is 63.0 Å². The number of sulfone groups is 1. The average molecular weight is 409 g/mol. The van der Waals surface area contributed by atoms with Crippen molar-refractivity contribution in [2.24, 2.45) is 5.92 Å². The number of nitrogens with one attached hydrogen (secondary N) is 1. The van der Waals surface area contributed by atoms with Gasteiger partial charge in [-0.3, -0.25) is 9.69 Å². The summed E-state index contributed by atoms with van der Waals surface area (Å²) in [6, 6.07) is 8.16. The predicted octanol–water partition coefficient (Wildman–Crippen LogP) is 2.03. The van der Waals surface area contributed by atoms with Crippen LogP contribution in [0.15, 0.2) is 24.3 Å². The maximum atomic E-state index is 12.2. The zero-order valence-corrected chi connectivity index (χ0v) is 17.5. The quantitative estimate of drug-likeness (QED) is 0.712. The van der Waals surface area contributed by atoms with E-state index in [1.807, 2.05) is 19.1 Å². The smallest absolute Gasteiger partial charge is 0.234 e. The molecule has 0 saturated carbocycles. The molecule has 2 aliphatic heterocycles. The number of hydrogen-bond acceptors (Lipinski definition) is 5. The molecule has 1 amide bonds. The SMILES string of the molecule is CCOc1ccc(CCC2CCN(CC(=O)NC3CCS(=O)(=O)C3)CC2)cc1. The summed E-state index contributed by atoms with van der Waals surface area (Å²) in [4.78, 5) is 14.4. The third-order valence-corrected chi connectivity index (χ3v) is 7.52. The molecule has 2 saturated heterocycles. The molecule has 2 fully saturated rings. The van der Waals surface area contributed by atoms with Crippen molar-refractivity contribution in [3.63, 3.8) is 0 Å². The molecule has 0 bridgehead atoms. The number of carbonyl (C=O) groups is 1. The first-order valence-corrected chi connectivity index (χ1v) is 12.2. The van der Waals surface area contributed by atoms with Gasteiger partial charge in [0.05, 0.1) is 24.7 Å². The molecule has 1 N–H and O–H groups in total. The lowest BCUT2D eigenvalue weighted by molar-refractivity contribution is -0.123. The zero-order valence-electron chi connectivity index (χ0n) is 16.7. The van der Waals surface area contributed by atoms with E-state index in [1.54, 1.807) is 0 Å². The third-order valence-electron chi connectivity index (χ3n) is 5.75. The van der Waals surface area contributed by atoms with Gasteiger partial charge in [-0.1, -0.05) is 12.1 Å². The molecule has 2 aliphatic rings. The van der Waals surface area contributed by atoms with Crippen LogP contribution in [0.1, 0.15) is 38.2 Å². The van der Waals surface area contributed by atoms with Gasteiger partial charge in [0.15, 0.2) is 9.84 Å². The van der Waals surface area contributed by atoms with E-state index in [0.717, 1.165) is 38.1 Å². The number of hydrogen-bond donors (Lipinski definition) is 1. The van der Waals surface area contributed by atoms with Gasteiger partial charge < -0.3 is 10.1 Å². The Hall–Kier alpha value is -1.60. The highest BCUT2D eigenvalue weighted by Gasteiger charge is 2.29. The number of aryl methyl sites for hydroxylation is 1. The lowest BCUT2D eigenvalue weighted by atomic mass is 9.90. The number of piperidine rings is 1. The first kappa shape index (κ1) is 21.1. The number of benzene rings is 1. The molecule has 1 atom stereocenters. The first-order valence-electron chi connectivity index (χ1n) is 10.4. The molecule has 0 spiro atoms.